The van der Waals surface area contributed by atoms with Crippen LogP contribution in [0.1, 0.15) is 40.0 Å². The van der Waals surface area contributed by atoms with Gasteiger partial charge in [0.15, 0.2) is 0 Å². The smallest absolute Gasteiger partial charge is 0.241 e. The average molecular weight is 361 g/mol. The lowest BCUT2D eigenvalue weighted by atomic mass is 10.1. The zero-order valence-corrected chi connectivity index (χ0v) is 15.4. The summed E-state index contributed by atoms with van der Waals surface area (Å²) in [7, 11) is -3.77. The van der Waals surface area contributed by atoms with Crippen molar-refractivity contribution in [1.82, 2.24) is 10.0 Å². The number of sulfonamides is 1. The van der Waals surface area contributed by atoms with Crippen LogP contribution in [0.4, 0.5) is 0 Å². The van der Waals surface area contributed by atoms with Gasteiger partial charge in [-0.1, -0.05) is 45.2 Å². The molecule has 0 aliphatic carbocycles. The second-order valence-corrected chi connectivity index (χ2v) is 7.95. The van der Waals surface area contributed by atoms with Gasteiger partial charge in [-0.15, -0.1) is 0 Å². The minimum absolute atomic E-state index is 0.0892. The summed E-state index contributed by atoms with van der Waals surface area (Å²) in [6, 6.07) is 5.04. The molecule has 0 aliphatic heterocycles. The van der Waals surface area contributed by atoms with Crippen molar-refractivity contribution in [3.05, 3.63) is 29.3 Å². The molecular formula is C16H25ClN2O3S. The zero-order chi connectivity index (χ0) is 17.5. The quantitative estimate of drug-likeness (QED) is 0.665. The SMILES string of the molecule is CCCCCNC(=O)[C@@H](NS(=O)(=O)c1ccc(Cl)cc1)C(C)C. The lowest BCUT2D eigenvalue weighted by molar-refractivity contribution is -0.123. The molecule has 130 valence electrons. The molecule has 1 rings (SSSR count). The molecule has 1 amide bonds. The van der Waals surface area contributed by atoms with E-state index in [4.69, 9.17) is 11.6 Å². The number of halogens is 1. The molecule has 7 heteroatoms. The van der Waals surface area contributed by atoms with Crippen molar-refractivity contribution in [2.75, 3.05) is 6.54 Å². The Kier molecular flexibility index (Phi) is 8.02. The highest BCUT2D eigenvalue weighted by molar-refractivity contribution is 7.89. The third kappa shape index (κ3) is 6.49. The summed E-state index contributed by atoms with van der Waals surface area (Å²) >= 11 is 5.77. The van der Waals surface area contributed by atoms with Gasteiger partial charge in [0.1, 0.15) is 6.04 Å². The van der Waals surface area contributed by atoms with E-state index in [9.17, 15) is 13.2 Å². The number of amides is 1. The monoisotopic (exact) mass is 360 g/mol. The number of hydrogen-bond donors (Lipinski definition) is 2. The fourth-order valence-corrected chi connectivity index (χ4v) is 3.51. The van der Waals surface area contributed by atoms with Crippen LogP contribution in [0.2, 0.25) is 5.02 Å². The lowest BCUT2D eigenvalue weighted by Gasteiger charge is -2.21. The summed E-state index contributed by atoms with van der Waals surface area (Å²) in [6.07, 6.45) is 2.98. The first-order valence-electron chi connectivity index (χ1n) is 7.83. The summed E-state index contributed by atoms with van der Waals surface area (Å²) in [5.74, 6) is -0.461. The number of hydrogen-bond acceptors (Lipinski definition) is 3. The normalized spacial score (nSPS) is 13.1. The molecule has 0 radical (unpaired) electrons. The van der Waals surface area contributed by atoms with Crippen molar-refractivity contribution in [2.24, 2.45) is 5.92 Å². The number of carbonyl (C=O) groups excluding carboxylic acids is 1. The summed E-state index contributed by atoms with van der Waals surface area (Å²) in [6.45, 7) is 6.25. The van der Waals surface area contributed by atoms with E-state index < -0.39 is 16.1 Å². The minimum Gasteiger partial charge on any atom is -0.355 e. The average Bonchev–Trinajstić information content (AvgIpc) is 2.49. The molecule has 0 aliphatic rings. The summed E-state index contributed by atoms with van der Waals surface area (Å²) in [4.78, 5) is 12.3. The van der Waals surface area contributed by atoms with Gasteiger partial charge in [0.25, 0.3) is 0 Å². The van der Waals surface area contributed by atoms with Crippen molar-refractivity contribution in [2.45, 2.75) is 51.0 Å². The summed E-state index contributed by atoms with van der Waals surface area (Å²) < 4.78 is 27.3. The molecule has 0 saturated heterocycles. The van der Waals surface area contributed by atoms with Crippen molar-refractivity contribution >= 4 is 27.5 Å². The molecule has 5 nitrogen and oxygen atoms in total. The largest absolute Gasteiger partial charge is 0.355 e. The summed E-state index contributed by atoms with van der Waals surface area (Å²) in [5, 5.41) is 3.25. The Morgan fingerprint density at radius 1 is 1.17 bits per heavy atom. The molecular weight excluding hydrogens is 336 g/mol. The molecule has 0 heterocycles. The Morgan fingerprint density at radius 2 is 1.78 bits per heavy atom. The van der Waals surface area contributed by atoms with Crippen molar-refractivity contribution in [1.29, 1.82) is 0 Å². The molecule has 0 spiro atoms. The van der Waals surface area contributed by atoms with E-state index in [0.29, 0.717) is 11.6 Å². The maximum absolute atomic E-state index is 12.4. The fraction of sp³-hybridized carbons (Fsp3) is 0.562. The molecule has 0 bridgehead atoms. The molecule has 0 fully saturated rings. The van der Waals surface area contributed by atoms with Crippen LogP contribution >= 0.6 is 11.6 Å². The van der Waals surface area contributed by atoms with Crippen LogP contribution in [0.15, 0.2) is 29.2 Å². The predicted molar refractivity (Wildman–Crippen MR) is 92.9 cm³/mol. The highest BCUT2D eigenvalue weighted by Gasteiger charge is 2.28. The fourth-order valence-electron chi connectivity index (χ4n) is 2.04. The second-order valence-electron chi connectivity index (χ2n) is 5.80. The molecule has 23 heavy (non-hydrogen) atoms. The standard InChI is InChI=1S/C16H25ClN2O3S/c1-4-5-6-11-18-16(20)15(12(2)3)19-23(21,22)14-9-7-13(17)8-10-14/h7-10,12,15,19H,4-6,11H2,1-3H3,(H,18,20)/t15-/m0/s1. The van der Waals surface area contributed by atoms with Crippen LogP contribution in [-0.4, -0.2) is 26.9 Å². The second kappa shape index (κ2) is 9.25. The van der Waals surface area contributed by atoms with Crippen molar-refractivity contribution in [3.63, 3.8) is 0 Å². The number of carbonyl (C=O) groups is 1. The van der Waals surface area contributed by atoms with Crippen molar-refractivity contribution in [3.8, 4) is 0 Å². The lowest BCUT2D eigenvalue weighted by Crippen LogP contribution is -2.49. The molecule has 0 aromatic heterocycles. The van der Waals surface area contributed by atoms with Gasteiger partial charge in [0.2, 0.25) is 15.9 Å². The number of unbranched alkanes of at least 4 members (excludes halogenated alkanes) is 2. The van der Waals surface area contributed by atoms with Gasteiger partial charge in [0.05, 0.1) is 4.90 Å². The van der Waals surface area contributed by atoms with Crippen LogP contribution in [0, 0.1) is 5.92 Å². The van der Waals surface area contributed by atoms with E-state index in [1.807, 2.05) is 0 Å². The molecule has 1 aromatic rings. The van der Waals surface area contributed by atoms with E-state index >= 15 is 0 Å². The topological polar surface area (TPSA) is 75.3 Å². The Hall–Kier alpha value is -1.11. The van der Waals surface area contributed by atoms with Crippen LogP contribution in [0.25, 0.3) is 0 Å². The highest BCUT2D eigenvalue weighted by Crippen LogP contribution is 2.15. The van der Waals surface area contributed by atoms with E-state index in [0.717, 1.165) is 19.3 Å². The molecule has 0 saturated carbocycles. The third-order valence-electron chi connectivity index (χ3n) is 3.43. The van der Waals surface area contributed by atoms with Crippen LogP contribution in [0.3, 0.4) is 0 Å². The van der Waals surface area contributed by atoms with Gasteiger partial charge >= 0.3 is 0 Å². The third-order valence-corrected chi connectivity index (χ3v) is 5.14. The number of rotatable bonds is 9. The highest BCUT2D eigenvalue weighted by atomic mass is 35.5. The van der Waals surface area contributed by atoms with Crippen LogP contribution in [-0.2, 0) is 14.8 Å². The Balaban J connectivity index is 2.78. The summed E-state index contributed by atoms with van der Waals surface area (Å²) in [5.41, 5.74) is 0. The van der Waals surface area contributed by atoms with E-state index in [1.54, 1.807) is 13.8 Å². The maximum Gasteiger partial charge on any atom is 0.241 e. The first-order valence-corrected chi connectivity index (χ1v) is 9.69. The number of benzene rings is 1. The molecule has 1 aromatic carbocycles. The Labute approximate surface area is 143 Å². The number of nitrogens with one attached hydrogen (secondary N) is 2. The van der Waals surface area contributed by atoms with E-state index in [1.165, 1.54) is 24.3 Å². The molecule has 1 atom stereocenters. The van der Waals surface area contributed by atoms with Gasteiger partial charge in [-0.2, -0.15) is 4.72 Å². The Bertz CT molecular complexity index is 600. The maximum atomic E-state index is 12.4. The van der Waals surface area contributed by atoms with Gasteiger partial charge in [-0.3, -0.25) is 4.79 Å². The van der Waals surface area contributed by atoms with E-state index in [2.05, 4.69) is 17.0 Å². The van der Waals surface area contributed by atoms with Gasteiger partial charge in [-0.25, -0.2) is 8.42 Å². The van der Waals surface area contributed by atoms with Crippen molar-refractivity contribution < 1.29 is 13.2 Å². The van der Waals surface area contributed by atoms with Crippen LogP contribution < -0.4 is 10.0 Å². The predicted octanol–water partition coefficient (Wildman–Crippen LogP) is 2.95. The Morgan fingerprint density at radius 3 is 2.30 bits per heavy atom. The molecule has 0 unspecified atom stereocenters. The van der Waals surface area contributed by atoms with Gasteiger partial charge in [-0.05, 0) is 36.6 Å². The minimum atomic E-state index is -3.77. The van der Waals surface area contributed by atoms with Gasteiger partial charge in [0, 0.05) is 11.6 Å². The van der Waals surface area contributed by atoms with E-state index in [-0.39, 0.29) is 16.7 Å². The zero-order valence-electron chi connectivity index (χ0n) is 13.8. The first kappa shape index (κ1) is 19.9. The van der Waals surface area contributed by atoms with Gasteiger partial charge < -0.3 is 5.32 Å². The first-order chi connectivity index (χ1) is 10.8. The van der Waals surface area contributed by atoms with Crippen LogP contribution in [0.5, 0.6) is 0 Å². The molecule has 2 N–H and O–H groups in total.